The number of hydrogen-bond donors (Lipinski definition) is 0. The van der Waals surface area contributed by atoms with Gasteiger partial charge >= 0.3 is 40.3 Å². The summed E-state index contributed by atoms with van der Waals surface area (Å²) in [5.74, 6) is 0. The molecule has 0 saturated carbocycles. The minimum Gasteiger partial charge on any atom is -1.00 e. The van der Waals surface area contributed by atoms with Crippen LogP contribution in [0, 0.1) is 0 Å². The Morgan fingerprint density at radius 3 is 1.29 bits per heavy atom. The Bertz CT molecular complexity index is 12.1. The monoisotopic (exact) mass is 544 g/mol. The molecule has 0 aromatic heterocycles. The van der Waals surface area contributed by atoms with Crippen molar-refractivity contribution >= 4 is 22.5 Å². The molecule has 0 saturated heterocycles. The van der Waals surface area contributed by atoms with E-state index in [9.17, 15) is 0 Å². The Labute approximate surface area is 110 Å². The standard InChI is InChI=1S/C3H7.3HI.Sn/c1-3-2;;;;/h1,3H2,2H3;3*1H;/q;;;;+3/p-3. The molecule has 0 N–H and O–H groups in total. The molecule has 0 unspecified atom stereocenters. The van der Waals surface area contributed by atoms with Gasteiger partial charge in [-0.1, -0.05) is 0 Å². The molecule has 0 aliphatic heterocycles. The molecule has 0 amide bonds. The third kappa shape index (κ3) is 27.6. The predicted molar refractivity (Wildman–Crippen MR) is 20.9 cm³/mol. The second-order valence-electron chi connectivity index (χ2n) is 0.750. The van der Waals surface area contributed by atoms with E-state index >= 15 is 0 Å². The maximum Gasteiger partial charge on any atom is -1.00 e. The summed E-state index contributed by atoms with van der Waals surface area (Å²) in [4.78, 5) is 0. The Morgan fingerprint density at radius 2 is 1.29 bits per heavy atom. The third-order valence-corrected chi connectivity index (χ3v) is 1.68. The van der Waals surface area contributed by atoms with Crippen LogP contribution in [0.15, 0.2) is 0 Å². The summed E-state index contributed by atoms with van der Waals surface area (Å²) in [5.41, 5.74) is 0. The van der Waals surface area contributed by atoms with Crippen LogP contribution in [0.1, 0.15) is 13.3 Å². The smallest absolute Gasteiger partial charge is 1.00 e. The first-order chi connectivity index (χ1) is 1.91. The van der Waals surface area contributed by atoms with Crippen molar-refractivity contribution in [2.24, 2.45) is 0 Å². The molecular formula is C3H7I3Sn. The van der Waals surface area contributed by atoms with E-state index in [4.69, 9.17) is 0 Å². The number of rotatable bonds is 1. The van der Waals surface area contributed by atoms with Crippen LogP contribution in [0.25, 0.3) is 0 Å². The zero-order valence-electron chi connectivity index (χ0n) is 4.05. The Balaban J connectivity index is -0.0000000150. The minimum absolute atomic E-state index is 0. The molecule has 0 aromatic carbocycles. The summed E-state index contributed by atoms with van der Waals surface area (Å²) < 4.78 is 1.41. The van der Waals surface area contributed by atoms with Gasteiger partial charge in [-0.05, 0) is 0 Å². The van der Waals surface area contributed by atoms with E-state index < -0.39 is 0 Å². The summed E-state index contributed by atoms with van der Waals surface area (Å²) in [6.07, 6.45) is 1.36. The molecule has 0 atom stereocenters. The quantitative estimate of drug-likeness (QED) is 0.228. The van der Waals surface area contributed by atoms with E-state index in [0.717, 1.165) is 0 Å². The molecule has 0 aliphatic carbocycles. The van der Waals surface area contributed by atoms with Crippen molar-refractivity contribution in [2.75, 3.05) is 0 Å². The summed E-state index contributed by atoms with van der Waals surface area (Å²) in [5, 5.41) is 0. The van der Waals surface area contributed by atoms with Gasteiger partial charge in [-0.2, -0.15) is 0 Å². The Hall–Kier alpha value is 2.99. The van der Waals surface area contributed by atoms with Gasteiger partial charge in [-0.25, -0.2) is 0 Å². The second-order valence-corrected chi connectivity index (χ2v) is 2.18. The predicted octanol–water partition coefficient (Wildman–Crippen LogP) is -8.00. The van der Waals surface area contributed by atoms with E-state index in [0.29, 0.717) is 0 Å². The average molecular weight is 543 g/mol. The fourth-order valence-electron chi connectivity index (χ4n) is 0. The van der Waals surface area contributed by atoms with Crippen molar-refractivity contribution in [3.05, 3.63) is 0 Å². The molecule has 4 heteroatoms. The number of hydrogen-bond acceptors (Lipinski definition) is 0. The van der Waals surface area contributed by atoms with E-state index in [1.807, 2.05) is 0 Å². The molecule has 44 valence electrons. The van der Waals surface area contributed by atoms with Crippen molar-refractivity contribution in [1.82, 2.24) is 0 Å². The zero-order valence-corrected chi connectivity index (χ0v) is 13.4. The van der Waals surface area contributed by atoms with E-state index in [1.54, 1.807) is 22.5 Å². The first kappa shape index (κ1) is 22.5. The molecule has 0 rings (SSSR count). The third-order valence-electron chi connectivity index (χ3n) is 0.250. The molecule has 0 aliphatic rings. The van der Waals surface area contributed by atoms with Gasteiger partial charge in [0.05, 0.1) is 0 Å². The van der Waals surface area contributed by atoms with Gasteiger partial charge in [0.2, 0.25) is 0 Å². The van der Waals surface area contributed by atoms with E-state index in [1.165, 1.54) is 10.9 Å². The van der Waals surface area contributed by atoms with Crippen LogP contribution >= 0.6 is 0 Å². The van der Waals surface area contributed by atoms with Crippen molar-refractivity contribution in [1.29, 1.82) is 0 Å². The number of halogens is 3. The van der Waals surface area contributed by atoms with E-state index in [-0.39, 0.29) is 71.9 Å². The fourth-order valence-corrected chi connectivity index (χ4v) is 0. The topological polar surface area (TPSA) is 0 Å². The van der Waals surface area contributed by atoms with Gasteiger partial charge < -0.3 is 71.9 Å². The van der Waals surface area contributed by atoms with Crippen molar-refractivity contribution in [3.8, 4) is 0 Å². The molecule has 0 spiro atoms. The fraction of sp³-hybridized carbons (Fsp3) is 1.00. The average Bonchev–Trinajstić information content (AvgIpc) is 1.37. The molecule has 0 fully saturated rings. The largest absolute Gasteiger partial charge is 1.00 e. The first-order valence-electron chi connectivity index (χ1n) is 1.56. The Kier molecular flexibility index (Phi) is 74.1. The molecule has 0 heterocycles. The van der Waals surface area contributed by atoms with Crippen LogP contribution in [-0.4, -0.2) is 22.5 Å². The van der Waals surface area contributed by atoms with Crippen molar-refractivity contribution < 1.29 is 71.9 Å². The molecule has 0 aromatic rings. The van der Waals surface area contributed by atoms with Gasteiger partial charge in [0.1, 0.15) is 0 Å². The van der Waals surface area contributed by atoms with Crippen LogP contribution in [-0.2, 0) is 0 Å². The van der Waals surface area contributed by atoms with Crippen molar-refractivity contribution in [2.45, 2.75) is 17.8 Å². The SMILES string of the molecule is CC[CH2][Sn+3].[I-].[I-].[I-]. The molecule has 0 nitrogen and oxygen atoms in total. The van der Waals surface area contributed by atoms with Crippen LogP contribution in [0.3, 0.4) is 0 Å². The summed E-state index contributed by atoms with van der Waals surface area (Å²) >= 11 is 1.67. The summed E-state index contributed by atoms with van der Waals surface area (Å²) in [6.45, 7) is 2.20. The maximum atomic E-state index is 2.20. The van der Waals surface area contributed by atoms with Gasteiger partial charge in [0.25, 0.3) is 0 Å². The van der Waals surface area contributed by atoms with Crippen molar-refractivity contribution in [3.63, 3.8) is 0 Å². The van der Waals surface area contributed by atoms with Gasteiger partial charge in [-0.15, -0.1) is 0 Å². The second kappa shape index (κ2) is 23.1. The molecule has 7 heavy (non-hydrogen) atoms. The maximum absolute atomic E-state index is 2.20. The van der Waals surface area contributed by atoms with Crippen LogP contribution in [0.4, 0.5) is 0 Å². The van der Waals surface area contributed by atoms with Gasteiger partial charge in [0, 0.05) is 0 Å². The first-order valence-corrected chi connectivity index (χ1v) is 3.58. The minimum atomic E-state index is 0. The molecular weight excluding hydrogens is 535 g/mol. The normalized spacial score (nSPS) is 4.43. The summed E-state index contributed by atoms with van der Waals surface area (Å²) in [6, 6.07) is 0. The van der Waals surface area contributed by atoms with Gasteiger partial charge in [0.15, 0.2) is 0 Å². The van der Waals surface area contributed by atoms with Gasteiger partial charge in [-0.3, -0.25) is 0 Å². The summed E-state index contributed by atoms with van der Waals surface area (Å²) in [7, 11) is 0. The Morgan fingerprint density at radius 1 is 1.14 bits per heavy atom. The molecule has 0 radical (unpaired) electrons. The molecule has 0 bridgehead atoms. The van der Waals surface area contributed by atoms with Crippen LogP contribution in [0.2, 0.25) is 4.44 Å². The van der Waals surface area contributed by atoms with E-state index in [2.05, 4.69) is 6.92 Å². The van der Waals surface area contributed by atoms with Crippen LogP contribution in [0.5, 0.6) is 0 Å². The zero-order chi connectivity index (χ0) is 3.41. The van der Waals surface area contributed by atoms with Crippen LogP contribution < -0.4 is 71.9 Å².